The van der Waals surface area contributed by atoms with Gasteiger partial charge in [0.2, 0.25) is 17.6 Å². The maximum Gasteiger partial charge on any atom is 0.227 e. The first-order valence-corrected chi connectivity index (χ1v) is 7.48. The normalized spacial score (nSPS) is 16.9. The van der Waals surface area contributed by atoms with Crippen molar-refractivity contribution in [3.05, 3.63) is 30.3 Å². The van der Waals surface area contributed by atoms with E-state index in [-0.39, 0.29) is 36.8 Å². The molecular formula is C15H21Cl2N5O2. The molecule has 1 aliphatic heterocycles. The molecule has 1 atom stereocenters. The van der Waals surface area contributed by atoms with E-state index in [0.29, 0.717) is 30.3 Å². The molecule has 0 bridgehead atoms. The summed E-state index contributed by atoms with van der Waals surface area (Å²) >= 11 is 0. The Balaban J connectivity index is 0.00000144. The van der Waals surface area contributed by atoms with Crippen molar-refractivity contribution in [1.29, 1.82) is 0 Å². The van der Waals surface area contributed by atoms with Gasteiger partial charge in [0.25, 0.3) is 0 Å². The Hall–Kier alpha value is -1.70. The van der Waals surface area contributed by atoms with Gasteiger partial charge in [0.05, 0.1) is 0 Å². The standard InChI is InChI=1S/C15H19N5O2.2ClH/c1-11-10-16-8-9-20(11)14(21)6-5-13-18-15(19-22-13)12-4-2-3-7-17-12;;/h2-4,7,11,16H,5-6,8-10H2,1H3;2*1H/t11-;;/m0../s1. The Morgan fingerprint density at radius 1 is 1.42 bits per heavy atom. The molecule has 3 rings (SSSR count). The van der Waals surface area contributed by atoms with Gasteiger partial charge in [0.15, 0.2) is 0 Å². The summed E-state index contributed by atoms with van der Waals surface area (Å²) in [5, 5.41) is 7.18. The summed E-state index contributed by atoms with van der Waals surface area (Å²) in [6.45, 7) is 4.50. The molecule has 0 spiro atoms. The van der Waals surface area contributed by atoms with Gasteiger partial charge in [-0.1, -0.05) is 11.2 Å². The quantitative estimate of drug-likeness (QED) is 0.878. The topological polar surface area (TPSA) is 84.2 Å². The molecule has 1 saturated heterocycles. The van der Waals surface area contributed by atoms with Crippen LogP contribution in [0.2, 0.25) is 0 Å². The van der Waals surface area contributed by atoms with E-state index in [4.69, 9.17) is 4.52 Å². The van der Waals surface area contributed by atoms with Crippen LogP contribution in [-0.2, 0) is 11.2 Å². The van der Waals surface area contributed by atoms with E-state index in [0.717, 1.165) is 19.6 Å². The largest absolute Gasteiger partial charge is 0.339 e. The third-order valence-electron chi connectivity index (χ3n) is 3.74. The van der Waals surface area contributed by atoms with Crippen molar-refractivity contribution < 1.29 is 9.32 Å². The van der Waals surface area contributed by atoms with Crippen LogP contribution in [0.1, 0.15) is 19.2 Å². The number of amides is 1. The van der Waals surface area contributed by atoms with Crippen molar-refractivity contribution >= 4 is 30.7 Å². The predicted molar refractivity (Wildman–Crippen MR) is 94.4 cm³/mol. The second-order valence-corrected chi connectivity index (χ2v) is 5.37. The van der Waals surface area contributed by atoms with Crippen LogP contribution < -0.4 is 5.32 Å². The molecule has 0 unspecified atom stereocenters. The number of rotatable bonds is 4. The van der Waals surface area contributed by atoms with Gasteiger partial charge in [0, 0.05) is 44.7 Å². The van der Waals surface area contributed by atoms with Crippen molar-refractivity contribution in [1.82, 2.24) is 25.3 Å². The van der Waals surface area contributed by atoms with Gasteiger partial charge in [-0.25, -0.2) is 0 Å². The number of carbonyl (C=O) groups is 1. The fraction of sp³-hybridized carbons (Fsp3) is 0.467. The van der Waals surface area contributed by atoms with E-state index in [1.54, 1.807) is 6.20 Å². The van der Waals surface area contributed by atoms with E-state index < -0.39 is 0 Å². The molecule has 1 fully saturated rings. The summed E-state index contributed by atoms with van der Waals surface area (Å²) < 4.78 is 5.20. The average molecular weight is 374 g/mol. The number of pyridine rings is 1. The number of aryl methyl sites for hydroxylation is 1. The Kier molecular flexibility index (Phi) is 8.10. The van der Waals surface area contributed by atoms with Gasteiger partial charge in [-0.3, -0.25) is 9.78 Å². The lowest BCUT2D eigenvalue weighted by Gasteiger charge is -2.34. The smallest absolute Gasteiger partial charge is 0.227 e. The van der Waals surface area contributed by atoms with Crippen LogP contribution in [0.15, 0.2) is 28.9 Å². The third kappa shape index (κ3) is 4.90. The first-order valence-electron chi connectivity index (χ1n) is 7.48. The number of carbonyl (C=O) groups excluding carboxylic acids is 1. The summed E-state index contributed by atoms with van der Waals surface area (Å²) in [5.41, 5.74) is 0.666. The van der Waals surface area contributed by atoms with Crippen LogP contribution >= 0.6 is 24.8 Å². The fourth-order valence-electron chi connectivity index (χ4n) is 2.52. The van der Waals surface area contributed by atoms with E-state index in [1.165, 1.54) is 0 Å². The lowest BCUT2D eigenvalue weighted by molar-refractivity contribution is -0.134. The van der Waals surface area contributed by atoms with Gasteiger partial charge in [-0.2, -0.15) is 4.98 Å². The number of hydrogen-bond acceptors (Lipinski definition) is 6. The molecule has 1 aliphatic rings. The third-order valence-corrected chi connectivity index (χ3v) is 3.74. The number of aromatic nitrogens is 3. The van der Waals surface area contributed by atoms with Gasteiger partial charge < -0.3 is 14.7 Å². The summed E-state index contributed by atoms with van der Waals surface area (Å²) in [6, 6.07) is 5.75. The van der Waals surface area contributed by atoms with Crippen LogP contribution in [-0.4, -0.2) is 51.6 Å². The van der Waals surface area contributed by atoms with E-state index in [2.05, 4.69) is 27.4 Å². The molecule has 7 nitrogen and oxygen atoms in total. The molecular weight excluding hydrogens is 353 g/mol. The molecule has 0 radical (unpaired) electrons. The molecule has 132 valence electrons. The Bertz CT molecular complexity index is 638. The van der Waals surface area contributed by atoms with Crippen LogP contribution in [0.3, 0.4) is 0 Å². The van der Waals surface area contributed by atoms with Crippen LogP contribution in [0.4, 0.5) is 0 Å². The zero-order valence-electron chi connectivity index (χ0n) is 13.3. The highest BCUT2D eigenvalue weighted by Gasteiger charge is 2.23. The Morgan fingerprint density at radius 3 is 2.96 bits per heavy atom. The van der Waals surface area contributed by atoms with Gasteiger partial charge in [-0.15, -0.1) is 24.8 Å². The van der Waals surface area contributed by atoms with Crippen molar-refractivity contribution in [2.24, 2.45) is 0 Å². The van der Waals surface area contributed by atoms with Gasteiger partial charge in [-0.05, 0) is 19.1 Å². The monoisotopic (exact) mass is 373 g/mol. The molecule has 0 aliphatic carbocycles. The molecule has 3 heterocycles. The van der Waals surface area contributed by atoms with E-state index in [9.17, 15) is 4.79 Å². The van der Waals surface area contributed by atoms with Crippen molar-refractivity contribution in [3.8, 4) is 11.5 Å². The SMILES string of the molecule is C[C@H]1CNCCN1C(=O)CCc1nc(-c2ccccn2)no1.Cl.Cl. The maximum absolute atomic E-state index is 12.3. The lowest BCUT2D eigenvalue weighted by Crippen LogP contribution is -2.52. The molecule has 24 heavy (non-hydrogen) atoms. The molecule has 2 aromatic rings. The van der Waals surface area contributed by atoms with Gasteiger partial charge >= 0.3 is 0 Å². The highest BCUT2D eigenvalue weighted by molar-refractivity contribution is 5.85. The minimum atomic E-state index is 0. The minimum absolute atomic E-state index is 0. The Morgan fingerprint density at radius 2 is 2.25 bits per heavy atom. The van der Waals surface area contributed by atoms with Crippen molar-refractivity contribution in [2.45, 2.75) is 25.8 Å². The summed E-state index contributed by atoms with van der Waals surface area (Å²) in [5.74, 6) is 1.06. The van der Waals surface area contributed by atoms with Crippen molar-refractivity contribution in [3.63, 3.8) is 0 Å². The average Bonchev–Trinajstić information content (AvgIpc) is 3.03. The highest BCUT2D eigenvalue weighted by atomic mass is 35.5. The Labute approximate surface area is 153 Å². The second-order valence-electron chi connectivity index (χ2n) is 5.37. The zero-order valence-corrected chi connectivity index (χ0v) is 15.0. The summed E-state index contributed by atoms with van der Waals surface area (Å²) in [7, 11) is 0. The van der Waals surface area contributed by atoms with E-state index in [1.807, 2.05) is 23.1 Å². The molecule has 1 N–H and O–H groups in total. The maximum atomic E-state index is 12.3. The number of halogens is 2. The summed E-state index contributed by atoms with van der Waals surface area (Å²) in [4.78, 5) is 22.6. The first kappa shape index (κ1) is 20.3. The first-order chi connectivity index (χ1) is 10.7. The minimum Gasteiger partial charge on any atom is -0.339 e. The zero-order chi connectivity index (χ0) is 15.4. The summed E-state index contributed by atoms with van der Waals surface area (Å²) in [6.07, 6.45) is 2.52. The molecule has 2 aromatic heterocycles. The van der Waals surface area contributed by atoms with E-state index >= 15 is 0 Å². The van der Waals surface area contributed by atoms with Crippen LogP contribution in [0.25, 0.3) is 11.5 Å². The molecule has 0 aromatic carbocycles. The highest BCUT2D eigenvalue weighted by Crippen LogP contribution is 2.13. The second kappa shape index (κ2) is 9.56. The fourth-order valence-corrected chi connectivity index (χ4v) is 2.52. The van der Waals surface area contributed by atoms with Crippen molar-refractivity contribution in [2.75, 3.05) is 19.6 Å². The lowest BCUT2D eigenvalue weighted by atomic mass is 10.2. The van der Waals surface area contributed by atoms with Crippen LogP contribution in [0.5, 0.6) is 0 Å². The number of nitrogens with zero attached hydrogens (tertiary/aromatic N) is 4. The molecule has 9 heteroatoms. The molecule has 0 saturated carbocycles. The number of piperazine rings is 1. The molecule has 1 amide bonds. The van der Waals surface area contributed by atoms with Gasteiger partial charge in [0.1, 0.15) is 5.69 Å². The number of nitrogens with one attached hydrogen (secondary N) is 1. The predicted octanol–water partition coefficient (Wildman–Crippen LogP) is 1.73. The van der Waals surface area contributed by atoms with Crippen LogP contribution in [0, 0.1) is 0 Å². The number of hydrogen-bond donors (Lipinski definition) is 1.